The Morgan fingerprint density at radius 1 is 1.04 bits per heavy atom. The highest BCUT2D eigenvalue weighted by molar-refractivity contribution is 5.97. The number of nitrogens with one attached hydrogen (secondary N) is 3. The molecule has 2 aromatic rings. The van der Waals surface area contributed by atoms with Crippen molar-refractivity contribution in [1.82, 2.24) is 5.32 Å². The monoisotopic (exact) mass is 350 g/mol. The number of para-hydroxylation sites is 1. The van der Waals surface area contributed by atoms with Crippen molar-refractivity contribution in [2.24, 2.45) is 5.73 Å². The van der Waals surface area contributed by atoms with E-state index in [9.17, 15) is 14.4 Å². The van der Waals surface area contributed by atoms with Crippen molar-refractivity contribution in [3.63, 3.8) is 0 Å². The number of terminal acetylenes is 1. The van der Waals surface area contributed by atoms with E-state index in [0.29, 0.717) is 22.5 Å². The summed E-state index contributed by atoms with van der Waals surface area (Å²) in [6.07, 6.45) is 5.31. The van der Waals surface area contributed by atoms with Crippen LogP contribution in [0.4, 0.5) is 16.2 Å². The van der Waals surface area contributed by atoms with E-state index < -0.39 is 17.8 Å². The fourth-order valence-electron chi connectivity index (χ4n) is 2.20. The van der Waals surface area contributed by atoms with Crippen LogP contribution in [0.25, 0.3) is 0 Å². The van der Waals surface area contributed by atoms with Crippen molar-refractivity contribution in [3.8, 4) is 12.3 Å². The van der Waals surface area contributed by atoms with Crippen LogP contribution in [0.15, 0.2) is 48.5 Å². The average Bonchev–Trinajstić information content (AvgIpc) is 2.61. The van der Waals surface area contributed by atoms with Crippen molar-refractivity contribution in [3.05, 3.63) is 59.7 Å². The van der Waals surface area contributed by atoms with Gasteiger partial charge in [-0.15, -0.1) is 6.42 Å². The summed E-state index contributed by atoms with van der Waals surface area (Å²) >= 11 is 0. The molecule has 0 unspecified atom stereocenters. The number of anilines is 2. The fourth-order valence-corrected chi connectivity index (χ4v) is 2.20. The van der Waals surface area contributed by atoms with E-state index in [2.05, 4.69) is 21.9 Å². The first-order valence-corrected chi connectivity index (χ1v) is 7.75. The normalized spacial score (nSPS) is 9.65. The Bertz CT molecular complexity index is 871. The highest BCUT2D eigenvalue weighted by atomic mass is 16.2. The van der Waals surface area contributed by atoms with Crippen molar-refractivity contribution in [2.75, 3.05) is 17.2 Å². The lowest BCUT2D eigenvalue weighted by Crippen LogP contribution is -2.36. The summed E-state index contributed by atoms with van der Waals surface area (Å²) in [6, 6.07) is 13.0. The predicted octanol–water partition coefficient (Wildman–Crippen LogP) is 1.46. The lowest BCUT2D eigenvalue weighted by molar-refractivity contribution is -0.117. The zero-order chi connectivity index (χ0) is 18.9. The lowest BCUT2D eigenvalue weighted by atomic mass is 10.1. The largest absolute Gasteiger partial charge is 0.369 e. The predicted molar refractivity (Wildman–Crippen MR) is 99.4 cm³/mol. The van der Waals surface area contributed by atoms with Crippen molar-refractivity contribution in [2.45, 2.75) is 6.42 Å². The lowest BCUT2D eigenvalue weighted by Gasteiger charge is -2.11. The summed E-state index contributed by atoms with van der Waals surface area (Å²) in [6.45, 7) is -0.232. The molecule has 0 radical (unpaired) electrons. The van der Waals surface area contributed by atoms with Gasteiger partial charge in [0.2, 0.25) is 11.8 Å². The summed E-state index contributed by atoms with van der Waals surface area (Å²) in [7, 11) is 0. The van der Waals surface area contributed by atoms with Gasteiger partial charge in [0.1, 0.15) is 0 Å². The maximum atomic E-state index is 12.0. The van der Waals surface area contributed by atoms with Gasteiger partial charge in [0.05, 0.1) is 13.0 Å². The van der Waals surface area contributed by atoms with E-state index in [1.807, 2.05) is 0 Å². The molecule has 2 aromatic carbocycles. The molecule has 0 aliphatic heterocycles. The topological polar surface area (TPSA) is 113 Å². The molecule has 0 saturated heterocycles. The standard InChI is InChI=1S/C19H18N4O3/c1-2-13-6-5-8-15(10-13)22-18(25)12-21-19(26)23-16-9-4-3-7-14(16)11-17(20)24/h1,3-10H,11-12H2,(H2,20,24)(H,22,25)(H2,21,23,26). The maximum Gasteiger partial charge on any atom is 0.319 e. The molecule has 4 amide bonds. The number of urea groups is 1. The number of amides is 4. The van der Waals surface area contributed by atoms with Crippen LogP contribution >= 0.6 is 0 Å². The van der Waals surface area contributed by atoms with Gasteiger partial charge in [-0.25, -0.2) is 4.79 Å². The first-order valence-electron chi connectivity index (χ1n) is 7.75. The first kappa shape index (κ1) is 18.5. The molecule has 0 heterocycles. The quantitative estimate of drug-likeness (QED) is 0.591. The van der Waals surface area contributed by atoms with Gasteiger partial charge in [0, 0.05) is 16.9 Å². The molecule has 0 atom stereocenters. The molecule has 7 heteroatoms. The van der Waals surface area contributed by atoms with Gasteiger partial charge in [-0.2, -0.15) is 0 Å². The maximum absolute atomic E-state index is 12.0. The third-order valence-electron chi connectivity index (χ3n) is 3.35. The number of benzene rings is 2. The minimum absolute atomic E-state index is 0.00244. The van der Waals surface area contributed by atoms with Gasteiger partial charge >= 0.3 is 6.03 Å². The van der Waals surface area contributed by atoms with E-state index in [1.165, 1.54) is 0 Å². The fraction of sp³-hybridized carbons (Fsp3) is 0.105. The minimum atomic E-state index is -0.575. The molecule has 2 rings (SSSR count). The van der Waals surface area contributed by atoms with Crippen LogP contribution in [-0.2, 0) is 16.0 Å². The van der Waals surface area contributed by atoms with Crippen LogP contribution in [0, 0.1) is 12.3 Å². The molecular formula is C19H18N4O3. The van der Waals surface area contributed by atoms with Crippen LogP contribution in [0.5, 0.6) is 0 Å². The number of hydrogen-bond acceptors (Lipinski definition) is 3. The zero-order valence-electron chi connectivity index (χ0n) is 13.9. The van der Waals surface area contributed by atoms with Gasteiger partial charge in [-0.1, -0.05) is 30.2 Å². The van der Waals surface area contributed by atoms with Gasteiger partial charge in [-0.05, 0) is 29.8 Å². The smallest absolute Gasteiger partial charge is 0.319 e. The zero-order valence-corrected chi connectivity index (χ0v) is 13.9. The molecule has 0 saturated carbocycles. The van der Waals surface area contributed by atoms with Crippen molar-refractivity contribution < 1.29 is 14.4 Å². The molecule has 0 bridgehead atoms. The molecule has 26 heavy (non-hydrogen) atoms. The molecule has 5 N–H and O–H groups in total. The minimum Gasteiger partial charge on any atom is -0.369 e. The Hall–Kier alpha value is -3.79. The number of nitrogens with two attached hydrogens (primary N) is 1. The second kappa shape index (κ2) is 8.89. The molecular weight excluding hydrogens is 332 g/mol. The number of carbonyl (C=O) groups is 3. The molecule has 0 aliphatic carbocycles. The summed E-state index contributed by atoms with van der Waals surface area (Å²) in [5, 5.41) is 7.67. The van der Waals surface area contributed by atoms with Crippen molar-refractivity contribution >= 4 is 29.2 Å². The molecule has 7 nitrogen and oxygen atoms in total. The van der Waals surface area contributed by atoms with E-state index in [0.717, 1.165) is 0 Å². The summed E-state index contributed by atoms with van der Waals surface area (Å²) in [4.78, 5) is 34.9. The third-order valence-corrected chi connectivity index (χ3v) is 3.35. The second-order valence-corrected chi connectivity index (χ2v) is 5.38. The van der Waals surface area contributed by atoms with Gasteiger partial charge in [0.25, 0.3) is 0 Å². The summed E-state index contributed by atoms with van der Waals surface area (Å²) in [5.74, 6) is 1.56. The van der Waals surface area contributed by atoms with E-state index in [4.69, 9.17) is 12.2 Å². The van der Waals surface area contributed by atoms with E-state index in [1.54, 1.807) is 48.5 Å². The first-order chi connectivity index (χ1) is 12.5. The van der Waals surface area contributed by atoms with Gasteiger partial charge < -0.3 is 21.7 Å². The Kier molecular flexibility index (Phi) is 6.34. The summed E-state index contributed by atoms with van der Waals surface area (Å²) in [5.41, 5.74) is 7.40. The SMILES string of the molecule is C#Cc1cccc(NC(=O)CNC(=O)Nc2ccccc2CC(N)=O)c1. The highest BCUT2D eigenvalue weighted by Crippen LogP contribution is 2.15. The second-order valence-electron chi connectivity index (χ2n) is 5.38. The van der Waals surface area contributed by atoms with E-state index >= 15 is 0 Å². The number of carbonyl (C=O) groups excluding carboxylic acids is 3. The number of rotatable bonds is 6. The van der Waals surface area contributed by atoms with Crippen LogP contribution < -0.4 is 21.7 Å². The Morgan fingerprint density at radius 3 is 2.54 bits per heavy atom. The van der Waals surface area contributed by atoms with Crippen LogP contribution in [0.2, 0.25) is 0 Å². The molecule has 0 aliphatic rings. The molecule has 0 aromatic heterocycles. The molecule has 0 fully saturated rings. The third kappa shape index (κ3) is 5.69. The summed E-state index contributed by atoms with van der Waals surface area (Å²) < 4.78 is 0. The highest BCUT2D eigenvalue weighted by Gasteiger charge is 2.10. The van der Waals surface area contributed by atoms with Gasteiger partial charge in [-0.3, -0.25) is 9.59 Å². The van der Waals surface area contributed by atoms with E-state index in [-0.39, 0.29) is 13.0 Å². The van der Waals surface area contributed by atoms with Gasteiger partial charge in [0.15, 0.2) is 0 Å². The Labute approximate surface area is 151 Å². The van der Waals surface area contributed by atoms with Crippen LogP contribution in [-0.4, -0.2) is 24.4 Å². The number of hydrogen-bond donors (Lipinski definition) is 4. The Balaban J connectivity index is 1.88. The molecule has 0 spiro atoms. The van der Waals surface area contributed by atoms with Crippen LogP contribution in [0.1, 0.15) is 11.1 Å². The average molecular weight is 350 g/mol. The van der Waals surface area contributed by atoms with Crippen LogP contribution in [0.3, 0.4) is 0 Å². The number of primary amides is 1. The Morgan fingerprint density at radius 2 is 1.81 bits per heavy atom. The van der Waals surface area contributed by atoms with Crippen molar-refractivity contribution in [1.29, 1.82) is 0 Å². The molecule has 132 valence electrons.